The Kier molecular flexibility index (Phi) is 4.90. The Morgan fingerprint density at radius 2 is 2.35 bits per heavy atom. The van der Waals surface area contributed by atoms with Gasteiger partial charge in [-0.15, -0.1) is 0 Å². The number of amides is 1. The summed E-state index contributed by atoms with van der Waals surface area (Å²) in [6, 6.07) is 6.31. The van der Waals surface area contributed by atoms with Crippen LogP contribution in [0, 0.1) is 11.7 Å². The highest BCUT2D eigenvalue weighted by atomic mass is 19.1. The molecule has 1 fully saturated rings. The van der Waals surface area contributed by atoms with Gasteiger partial charge in [-0.2, -0.15) is 0 Å². The summed E-state index contributed by atoms with van der Waals surface area (Å²) in [5.41, 5.74) is 6.61. The highest BCUT2D eigenvalue weighted by molar-refractivity contribution is 5.91. The van der Waals surface area contributed by atoms with Crippen molar-refractivity contribution >= 4 is 12.0 Å². The van der Waals surface area contributed by atoms with Gasteiger partial charge in [-0.05, 0) is 49.5 Å². The molecule has 0 radical (unpaired) electrons. The molecule has 0 aliphatic carbocycles. The number of hydrogen-bond donors (Lipinski definition) is 1. The molecule has 3 nitrogen and oxygen atoms in total. The molecule has 1 aromatic carbocycles. The highest BCUT2D eigenvalue weighted by Gasteiger charge is 2.24. The molecule has 108 valence electrons. The standard InChI is InChI=1S/C16H21FN2O/c1-12(18)14-5-3-9-19(11-14)16(20)8-7-13-4-2-6-15(17)10-13/h2,4,6-8,10,12,14H,3,5,9,11,18H2,1H3/b8-7+. The molecule has 1 saturated heterocycles. The first-order chi connectivity index (χ1) is 9.56. The summed E-state index contributed by atoms with van der Waals surface area (Å²) in [5, 5.41) is 0. The summed E-state index contributed by atoms with van der Waals surface area (Å²) in [5.74, 6) is 0.0458. The Bertz CT molecular complexity index is 499. The van der Waals surface area contributed by atoms with Crippen LogP contribution in [0.15, 0.2) is 30.3 Å². The van der Waals surface area contributed by atoms with Crippen molar-refractivity contribution in [2.45, 2.75) is 25.8 Å². The van der Waals surface area contributed by atoms with Gasteiger partial charge in [0.05, 0.1) is 0 Å². The van der Waals surface area contributed by atoms with E-state index in [1.807, 2.05) is 11.8 Å². The Labute approximate surface area is 119 Å². The fourth-order valence-corrected chi connectivity index (χ4v) is 2.52. The Morgan fingerprint density at radius 1 is 1.55 bits per heavy atom. The van der Waals surface area contributed by atoms with E-state index >= 15 is 0 Å². The van der Waals surface area contributed by atoms with Gasteiger partial charge in [-0.3, -0.25) is 4.79 Å². The van der Waals surface area contributed by atoms with Gasteiger partial charge in [0.25, 0.3) is 0 Å². The summed E-state index contributed by atoms with van der Waals surface area (Å²) in [4.78, 5) is 14.0. The molecule has 0 bridgehead atoms. The lowest BCUT2D eigenvalue weighted by atomic mass is 9.92. The van der Waals surface area contributed by atoms with E-state index in [0.29, 0.717) is 18.0 Å². The average molecular weight is 276 g/mol. The number of carbonyl (C=O) groups is 1. The molecule has 1 amide bonds. The average Bonchev–Trinajstić information content (AvgIpc) is 2.45. The molecule has 2 rings (SSSR count). The quantitative estimate of drug-likeness (QED) is 0.862. The molecule has 20 heavy (non-hydrogen) atoms. The minimum absolute atomic E-state index is 0.0281. The summed E-state index contributed by atoms with van der Waals surface area (Å²) < 4.78 is 13.0. The van der Waals surface area contributed by atoms with Crippen LogP contribution in [0.1, 0.15) is 25.3 Å². The Morgan fingerprint density at radius 3 is 3.05 bits per heavy atom. The first-order valence-corrected chi connectivity index (χ1v) is 7.04. The van der Waals surface area contributed by atoms with E-state index in [4.69, 9.17) is 5.73 Å². The maximum atomic E-state index is 13.0. The summed E-state index contributed by atoms with van der Waals surface area (Å²) >= 11 is 0. The fraction of sp³-hybridized carbons (Fsp3) is 0.438. The molecule has 4 heteroatoms. The van der Waals surface area contributed by atoms with Gasteiger partial charge in [0.1, 0.15) is 5.82 Å². The second kappa shape index (κ2) is 6.66. The second-order valence-corrected chi connectivity index (χ2v) is 5.43. The van der Waals surface area contributed by atoms with Crippen molar-refractivity contribution in [3.05, 3.63) is 41.7 Å². The van der Waals surface area contributed by atoms with Crippen LogP contribution < -0.4 is 5.73 Å². The van der Waals surface area contributed by atoms with Crippen LogP contribution in [-0.2, 0) is 4.79 Å². The van der Waals surface area contributed by atoms with Crippen LogP contribution in [0.5, 0.6) is 0 Å². The number of benzene rings is 1. The minimum atomic E-state index is -0.297. The highest BCUT2D eigenvalue weighted by Crippen LogP contribution is 2.19. The second-order valence-electron chi connectivity index (χ2n) is 5.43. The number of carbonyl (C=O) groups excluding carboxylic acids is 1. The lowest BCUT2D eigenvalue weighted by molar-refractivity contribution is -0.127. The van der Waals surface area contributed by atoms with E-state index < -0.39 is 0 Å². The van der Waals surface area contributed by atoms with Crippen LogP contribution in [0.3, 0.4) is 0 Å². The van der Waals surface area contributed by atoms with Gasteiger partial charge >= 0.3 is 0 Å². The van der Waals surface area contributed by atoms with Crippen LogP contribution in [0.25, 0.3) is 6.08 Å². The van der Waals surface area contributed by atoms with E-state index in [1.165, 1.54) is 18.2 Å². The van der Waals surface area contributed by atoms with Crippen molar-refractivity contribution in [1.82, 2.24) is 4.90 Å². The molecular formula is C16H21FN2O. The lowest BCUT2D eigenvalue weighted by Gasteiger charge is -2.34. The third kappa shape index (κ3) is 3.90. The number of halogens is 1. The predicted octanol–water partition coefficient (Wildman–Crippen LogP) is 2.42. The predicted molar refractivity (Wildman–Crippen MR) is 78.4 cm³/mol. The Hall–Kier alpha value is -1.68. The third-order valence-electron chi connectivity index (χ3n) is 3.78. The summed E-state index contributed by atoms with van der Waals surface area (Å²) in [7, 11) is 0. The molecule has 0 aromatic heterocycles. The van der Waals surface area contributed by atoms with Gasteiger partial charge in [0, 0.05) is 25.2 Å². The van der Waals surface area contributed by atoms with Crippen molar-refractivity contribution < 1.29 is 9.18 Å². The van der Waals surface area contributed by atoms with Gasteiger partial charge < -0.3 is 10.6 Å². The molecule has 0 saturated carbocycles. The SMILES string of the molecule is CC(N)C1CCCN(C(=O)/C=C/c2cccc(F)c2)C1. The number of nitrogens with zero attached hydrogens (tertiary/aromatic N) is 1. The third-order valence-corrected chi connectivity index (χ3v) is 3.78. The zero-order valence-electron chi connectivity index (χ0n) is 11.8. The maximum absolute atomic E-state index is 13.0. The van der Waals surface area contributed by atoms with Gasteiger partial charge in [0.2, 0.25) is 5.91 Å². The van der Waals surface area contributed by atoms with Gasteiger partial charge in [-0.25, -0.2) is 4.39 Å². The molecule has 2 atom stereocenters. The van der Waals surface area contributed by atoms with Crippen LogP contribution >= 0.6 is 0 Å². The zero-order chi connectivity index (χ0) is 14.5. The number of piperidine rings is 1. The molecule has 1 aromatic rings. The number of hydrogen-bond acceptors (Lipinski definition) is 2. The smallest absolute Gasteiger partial charge is 0.246 e. The maximum Gasteiger partial charge on any atom is 0.246 e. The van der Waals surface area contributed by atoms with Crippen LogP contribution in [0.4, 0.5) is 4.39 Å². The largest absolute Gasteiger partial charge is 0.339 e. The van der Waals surface area contributed by atoms with Crippen molar-refractivity contribution in [2.75, 3.05) is 13.1 Å². The van der Waals surface area contributed by atoms with E-state index in [-0.39, 0.29) is 17.8 Å². The molecular weight excluding hydrogens is 255 g/mol. The fourth-order valence-electron chi connectivity index (χ4n) is 2.52. The first-order valence-electron chi connectivity index (χ1n) is 7.04. The van der Waals surface area contributed by atoms with E-state index in [9.17, 15) is 9.18 Å². The topological polar surface area (TPSA) is 46.3 Å². The lowest BCUT2D eigenvalue weighted by Crippen LogP contribution is -2.44. The summed E-state index contributed by atoms with van der Waals surface area (Å²) in [6.07, 6.45) is 5.24. The van der Waals surface area contributed by atoms with Crippen LogP contribution in [0.2, 0.25) is 0 Å². The molecule has 1 aliphatic rings. The Balaban J connectivity index is 1.97. The van der Waals surface area contributed by atoms with Crippen LogP contribution in [-0.4, -0.2) is 29.9 Å². The van der Waals surface area contributed by atoms with Crippen molar-refractivity contribution in [3.8, 4) is 0 Å². The number of nitrogens with two attached hydrogens (primary N) is 1. The van der Waals surface area contributed by atoms with E-state index in [2.05, 4.69) is 0 Å². The first kappa shape index (κ1) is 14.7. The number of rotatable bonds is 3. The molecule has 0 spiro atoms. The zero-order valence-corrected chi connectivity index (χ0v) is 11.8. The normalized spacial score (nSPS) is 21.1. The van der Waals surface area contributed by atoms with Crippen molar-refractivity contribution in [3.63, 3.8) is 0 Å². The number of likely N-dealkylation sites (tertiary alicyclic amines) is 1. The monoisotopic (exact) mass is 276 g/mol. The van der Waals surface area contributed by atoms with E-state index in [0.717, 1.165) is 19.4 Å². The minimum Gasteiger partial charge on any atom is -0.339 e. The molecule has 2 N–H and O–H groups in total. The van der Waals surface area contributed by atoms with E-state index in [1.54, 1.807) is 18.2 Å². The van der Waals surface area contributed by atoms with Gasteiger partial charge in [0.15, 0.2) is 0 Å². The molecule has 1 heterocycles. The van der Waals surface area contributed by atoms with Crippen molar-refractivity contribution in [1.29, 1.82) is 0 Å². The van der Waals surface area contributed by atoms with Crippen molar-refractivity contribution in [2.24, 2.45) is 11.7 Å². The van der Waals surface area contributed by atoms with Gasteiger partial charge in [-0.1, -0.05) is 12.1 Å². The molecule has 2 unspecified atom stereocenters. The summed E-state index contributed by atoms with van der Waals surface area (Å²) in [6.45, 7) is 3.47. The molecule has 1 aliphatic heterocycles.